The summed E-state index contributed by atoms with van der Waals surface area (Å²) in [5, 5.41) is 11.6. The van der Waals surface area contributed by atoms with E-state index in [2.05, 4.69) is 31.4 Å². The molecule has 0 unspecified atom stereocenters. The zero-order chi connectivity index (χ0) is 19.2. The van der Waals surface area contributed by atoms with Crippen molar-refractivity contribution in [3.63, 3.8) is 0 Å². The predicted octanol–water partition coefficient (Wildman–Crippen LogP) is 4.24. The highest BCUT2D eigenvalue weighted by Gasteiger charge is 2.16. The van der Waals surface area contributed by atoms with Gasteiger partial charge in [0.15, 0.2) is 5.17 Å². The molecule has 0 spiro atoms. The summed E-state index contributed by atoms with van der Waals surface area (Å²) >= 11 is 10.9. The van der Waals surface area contributed by atoms with Gasteiger partial charge in [-0.3, -0.25) is 4.79 Å². The van der Waals surface area contributed by atoms with Gasteiger partial charge in [0.25, 0.3) is 0 Å². The van der Waals surface area contributed by atoms with Crippen molar-refractivity contribution >= 4 is 56.6 Å². The van der Waals surface area contributed by atoms with Crippen molar-refractivity contribution in [3.8, 4) is 11.5 Å². The Morgan fingerprint density at radius 1 is 1.30 bits per heavy atom. The summed E-state index contributed by atoms with van der Waals surface area (Å²) in [6, 6.07) is 11.0. The van der Waals surface area contributed by atoms with Crippen LogP contribution >= 0.6 is 39.3 Å². The fourth-order valence-electron chi connectivity index (χ4n) is 2.27. The molecule has 1 fully saturated rings. The van der Waals surface area contributed by atoms with E-state index in [9.17, 15) is 4.79 Å². The highest BCUT2D eigenvalue weighted by Crippen LogP contribution is 2.29. The van der Waals surface area contributed by atoms with Crippen LogP contribution in [0.25, 0.3) is 0 Å². The molecule has 0 aromatic heterocycles. The van der Waals surface area contributed by atoms with Crippen LogP contribution in [0.4, 0.5) is 0 Å². The summed E-state index contributed by atoms with van der Waals surface area (Å²) in [5.41, 5.74) is 1.67. The normalized spacial score (nSPS) is 15.4. The number of ether oxygens (including phenoxy) is 2. The fraction of sp³-hybridized carbons (Fsp3) is 0.167. The van der Waals surface area contributed by atoms with Crippen LogP contribution in [0.1, 0.15) is 11.1 Å². The maximum atomic E-state index is 11.1. The van der Waals surface area contributed by atoms with Gasteiger partial charge in [0.2, 0.25) is 5.91 Å². The monoisotopic (exact) mass is 467 g/mol. The van der Waals surface area contributed by atoms with Crippen LogP contribution in [0, 0.1) is 0 Å². The molecule has 6 nitrogen and oxygen atoms in total. The maximum Gasteiger partial charge on any atom is 0.236 e. The second-order valence-electron chi connectivity index (χ2n) is 5.42. The number of nitrogens with zero attached hydrogens (tertiary/aromatic N) is 2. The largest absolute Gasteiger partial charge is 0.496 e. The summed E-state index contributed by atoms with van der Waals surface area (Å²) in [4.78, 5) is 11.1. The van der Waals surface area contributed by atoms with Gasteiger partial charge in [0.05, 0.1) is 24.1 Å². The third kappa shape index (κ3) is 5.47. The fourth-order valence-corrected chi connectivity index (χ4v) is 3.63. The molecule has 2 aromatic carbocycles. The molecule has 1 aliphatic heterocycles. The first-order valence-electron chi connectivity index (χ1n) is 7.83. The molecule has 0 bridgehead atoms. The number of rotatable bonds is 6. The maximum absolute atomic E-state index is 11.1. The Morgan fingerprint density at radius 3 is 2.81 bits per heavy atom. The Kier molecular flexibility index (Phi) is 6.76. The first kappa shape index (κ1) is 19.7. The number of methoxy groups -OCH3 is 1. The van der Waals surface area contributed by atoms with Crippen LogP contribution in [-0.4, -0.2) is 30.2 Å². The number of halogens is 2. The van der Waals surface area contributed by atoms with E-state index < -0.39 is 0 Å². The van der Waals surface area contributed by atoms with Crippen molar-refractivity contribution in [3.05, 3.63) is 57.0 Å². The molecule has 1 amide bonds. The molecule has 2 aromatic rings. The number of amides is 1. The molecule has 3 rings (SSSR count). The van der Waals surface area contributed by atoms with Crippen LogP contribution in [0.5, 0.6) is 11.5 Å². The SMILES string of the molecule is COc1ccc(C=NN=C2NC(=O)CS2)cc1COc1ccc(Br)cc1Cl. The Labute approximate surface area is 174 Å². The topological polar surface area (TPSA) is 72.3 Å². The van der Waals surface area contributed by atoms with E-state index in [1.54, 1.807) is 25.5 Å². The average Bonchev–Trinajstić information content (AvgIpc) is 3.06. The van der Waals surface area contributed by atoms with Gasteiger partial charge in [0, 0.05) is 10.0 Å². The lowest BCUT2D eigenvalue weighted by atomic mass is 10.1. The molecule has 1 N–H and O–H groups in total. The standard InChI is InChI=1S/C18H15BrClN3O3S/c1-25-15-4-2-11(8-21-23-18-22-17(24)10-27-18)6-12(15)9-26-16-5-3-13(19)7-14(16)20/h2-8H,9-10H2,1H3,(H,22,23,24). The van der Waals surface area contributed by atoms with Crippen molar-refractivity contribution in [1.82, 2.24) is 5.32 Å². The number of hydrogen-bond acceptors (Lipinski definition) is 6. The summed E-state index contributed by atoms with van der Waals surface area (Å²) in [5.74, 6) is 1.59. The Hall–Kier alpha value is -2.03. The number of amidine groups is 1. The van der Waals surface area contributed by atoms with Crippen LogP contribution in [0.3, 0.4) is 0 Å². The lowest BCUT2D eigenvalue weighted by Gasteiger charge is -2.12. The lowest BCUT2D eigenvalue weighted by Crippen LogP contribution is -2.19. The van der Waals surface area contributed by atoms with Crippen molar-refractivity contribution < 1.29 is 14.3 Å². The molecule has 0 atom stereocenters. The number of thioether (sulfide) groups is 1. The van der Waals surface area contributed by atoms with Crippen LogP contribution < -0.4 is 14.8 Å². The average molecular weight is 469 g/mol. The zero-order valence-corrected chi connectivity index (χ0v) is 17.4. The molecular weight excluding hydrogens is 454 g/mol. The van der Waals surface area contributed by atoms with Crippen molar-refractivity contribution in [1.29, 1.82) is 0 Å². The van der Waals surface area contributed by atoms with Gasteiger partial charge >= 0.3 is 0 Å². The highest BCUT2D eigenvalue weighted by atomic mass is 79.9. The number of carbonyl (C=O) groups excluding carboxylic acids is 1. The predicted molar refractivity (Wildman–Crippen MR) is 112 cm³/mol. The number of nitrogens with one attached hydrogen (secondary N) is 1. The Morgan fingerprint density at radius 2 is 2.11 bits per heavy atom. The summed E-state index contributed by atoms with van der Waals surface area (Å²) < 4.78 is 12.1. The smallest absolute Gasteiger partial charge is 0.236 e. The Balaban J connectivity index is 1.72. The number of hydrogen-bond donors (Lipinski definition) is 1. The molecule has 0 saturated carbocycles. The lowest BCUT2D eigenvalue weighted by molar-refractivity contribution is -0.116. The summed E-state index contributed by atoms with van der Waals surface area (Å²) in [6.45, 7) is 0.284. The van der Waals surface area contributed by atoms with Crippen molar-refractivity contribution in [2.24, 2.45) is 10.2 Å². The van der Waals surface area contributed by atoms with Gasteiger partial charge in [0.1, 0.15) is 18.1 Å². The van der Waals surface area contributed by atoms with E-state index in [1.807, 2.05) is 24.3 Å². The molecule has 1 heterocycles. The van der Waals surface area contributed by atoms with E-state index in [0.29, 0.717) is 27.4 Å². The second-order valence-corrected chi connectivity index (χ2v) is 7.71. The van der Waals surface area contributed by atoms with Gasteiger partial charge < -0.3 is 14.8 Å². The third-order valence-corrected chi connectivity index (χ3v) is 5.18. The van der Waals surface area contributed by atoms with E-state index in [4.69, 9.17) is 21.1 Å². The molecule has 9 heteroatoms. The third-order valence-electron chi connectivity index (χ3n) is 3.52. The quantitative estimate of drug-likeness (QED) is 0.508. The molecule has 0 radical (unpaired) electrons. The van der Waals surface area contributed by atoms with E-state index in [-0.39, 0.29) is 12.5 Å². The van der Waals surface area contributed by atoms with E-state index in [1.165, 1.54) is 11.8 Å². The van der Waals surface area contributed by atoms with Gasteiger partial charge in [-0.15, -0.1) is 5.10 Å². The number of carbonyl (C=O) groups is 1. The van der Waals surface area contributed by atoms with E-state index >= 15 is 0 Å². The molecule has 1 saturated heterocycles. The molecule has 1 aliphatic rings. The van der Waals surface area contributed by atoms with Gasteiger partial charge in [-0.2, -0.15) is 5.10 Å². The molecular formula is C18H15BrClN3O3S. The van der Waals surface area contributed by atoms with Crippen molar-refractivity contribution in [2.75, 3.05) is 12.9 Å². The first-order valence-corrected chi connectivity index (χ1v) is 9.99. The Bertz CT molecular complexity index is 921. The summed E-state index contributed by atoms with van der Waals surface area (Å²) in [7, 11) is 1.60. The van der Waals surface area contributed by atoms with Gasteiger partial charge in [-0.1, -0.05) is 39.3 Å². The minimum atomic E-state index is -0.0653. The van der Waals surface area contributed by atoms with E-state index in [0.717, 1.165) is 15.6 Å². The van der Waals surface area contributed by atoms with Crippen LogP contribution in [-0.2, 0) is 11.4 Å². The molecule has 140 valence electrons. The second kappa shape index (κ2) is 9.25. The van der Waals surface area contributed by atoms with Gasteiger partial charge in [-0.25, -0.2) is 0 Å². The van der Waals surface area contributed by atoms with Crippen LogP contribution in [0.2, 0.25) is 5.02 Å². The minimum Gasteiger partial charge on any atom is -0.496 e. The molecule has 27 heavy (non-hydrogen) atoms. The van der Waals surface area contributed by atoms with Crippen LogP contribution in [0.15, 0.2) is 51.1 Å². The van der Waals surface area contributed by atoms with Crippen molar-refractivity contribution in [2.45, 2.75) is 6.61 Å². The first-order chi connectivity index (χ1) is 13.0. The summed E-state index contributed by atoms with van der Waals surface area (Å²) in [6.07, 6.45) is 1.60. The highest BCUT2D eigenvalue weighted by molar-refractivity contribution is 9.10. The van der Waals surface area contributed by atoms with Gasteiger partial charge in [-0.05, 0) is 42.0 Å². The minimum absolute atomic E-state index is 0.0653. The molecule has 0 aliphatic carbocycles. The zero-order valence-electron chi connectivity index (χ0n) is 14.2. The number of benzene rings is 2.